The van der Waals surface area contributed by atoms with Crippen molar-refractivity contribution in [1.82, 2.24) is 9.78 Å². The molecule has 3 rings (SSSR count). The number of benzene rings is 1. The van der Waals surface area contributed by atoms with E-state index in [0.717, 1.165) is 12.1 Å². The summed E-state index contributed by atoms with van der Waals surface area (Å²) in [7, 11) is 3.19. The maximum Gasteiger partial charge on any atom is 0.262 e. The Morgan fingerprint density at radius 1 is 1.39 bits per heavy atom. The number of aryl methyl sites for hydroxylation is 1. The number of carbonyl (C=O) groups is 2. The minimum atomic E-state index is -0.306. The number of nitrogens with one attached hydrogen (secondary N) is 1. The molecule has 2 amide bonds. The average Bonchev–Trinajstić information content (AvgIpc) is 3.13. The number of ether oxygens (including phenoxy) is 1. The van der Waals surface area contributed by atoms with Crippen LogP contribution in [0.2, 0.25) is 0 Å². The van der Waals surface area contributed by atoms with Gasteiger partial charge in [-0.05, 0) is 24.6 Å². The number of amides is 2. The van der Waals surface area contributed by atoms with Crippen LogP contribution in [0, 0.1) is 0 Å². The zero-order valence-corrected chi connectivity index (χ0v) is 13.1. The van der Waals surface area contributed by atoms with Crippen LogP contribution < -0.4 is 15.0 Å². The summed E-state index contributed by atoms with van der Waals surface area (Å²) in [6, 6.07) is 7.26. The molecule has 7 nitrogen and oxygen atoms in total. The van der Waals surface area contributed by atoms with Gasteiger partial charge in [-0.1, -0.05) is 6.07 Å². The highest BCUT2D eigenvalue weighted by Gasteiger charge is 2.22. The monoisotopic (exact) mass is 314 g/mol. The van der Waals surface area contributed by atoms with E-state index in [1.54, 1.807) is 30.3 Å². The first kappa shape index (κ1) is 15.1. The average molecular weight is 314 g/mol. The molecule has 0 atom stereocenters. The third kappa shape index (κ3) is 3.03. The molecule has 120 valence electrons. The van der Waals surface area contributed by atoms with E-state index in [0.29, 0.717) is 24.2 Å². The van der Waals surface area contributed by atoms with Crippen LogP contribution in [0.3, 0.4) is 0 Å². The van der Waals surface area contributed by atoms with Crippen LogP contribution in [0.15, 0.2) is 30.5 Å². The van der Waals surface area contributed by atoms with Crippen molar-refractivity contribution in [1.29, 1.82) is 0 Å². The Hall–Kier alpha value is -2.83. The molecule has 0 saturated carbocycles. The van der Waals surface area contributed by atoms with Gasteiger partial charge in [-0.3, -0.25) is 14.3 Å². The summed E-state index contributed by atoms with van der Waals surface area (Å²) >= 11 is 0. The standard InChI is InChI=1S/C16H18N4O3/c1-19-10-13(16(18-19)23-2)15(22)17-11-5-3-6-12(9-11)20-8-4-7-14(20)21/h3,5-6,9-10H,4,7-8H2,1-2H3,(H,17,22). The molecule has 1 fully saturated rings. The van der Waals surface area contributed by atoms with Crippen molar-refractivity contribution in [3.8, 4) is 5.88 Å². The van der Waals surface area contributed by atoms with Crippen molar-refractivity contribution < 1.29 is 14.3 Å². The first-order valence-electron chi connectivity index (χ1n) is 7.38. The number of nitrogens with zero attached hydrogens (tertiary/aromatic N) is 3. The normalized spacial score (nSPS) is 14.2. The molecule has 1 aliphatic rings. The number of hydrogen-bond donors (Lipinski definition) is 1. The second kappa shape index (κ2) is 6.12. The molecule has 0 aliphatic carbocycles. The van der Waals surface area contributed by atoms with Crippen molar-refractivity contribution in [3.05, 3.63) is 36.0 Å². The Bertz CT molecular complexity index is 754. The summed E-state index contributed by atoms with van der Waals surface area (Å²) in [4.78, 5) is 25.9. The molecule has 0 radical (unpaired) electrons. The lowest BCUT2D eigenvalue weighted by Crippen LogP contribution is -2.23. The van der Waals surface area contributed by atoms with Crippen molar-refractivity contribution in [2.75, 3.05) is 23.9 Å². The first-order chi connectivity index (χ1) is 11.1. The van der Waals surface area contributed by atoms with Gasteiger partial charge in [-0.15, -0.1) is 5.10 Å². The van der Waals surface area contributed by atoms with Gasteiger partial charge in [0, 0.05) is 37.6 Å². The molecule has 2 aromatic rings. The third-order valence-corrected chi connectivity index (χ3v) is 3.72. The molecule has 1 aromatic carbocycles. The molecular formula is C16H18N4O3. The summed E-state index contributed by atoms with van der Waals surface area (Å²) in [6.45, 7) is 0.715. The number of hydrogen-bond acceptors (Lipinski definition) is 4. The van der Waals surface area contributed by atoms with Gasteiger partial charge in [-0.2, -0.15) is 0 Å². The number of anilines is 2. The number of methoxy groups -OCH3 is 1. The zero-order chi connectivity index (χ0) is 16.4. The van der Waals surface area contributed by atoms with Crippen LogP contribution in [-0.2, 0) is 11.8 Å². The maximum atomic E-state index is 12.4. The second-order valence-electron chi connectivity index (χ2n) is 5.38. The first-order valence-corrected chi connectivity index (χ1v) is 7.38. The Balaban J connectivity index is 1.80. The van der Waals surface area contributed by atoms with Crippen molar-refractivity contribution in [2.45, 2.75) is 12.8 Å². The van der Waals surface area contributed by atoms with E-state index in [-0.39, 0.29) is 17.7 Å². The maximum absolute atomic E-state index is 12.4. The van der Waals surface area contributed by atoms with E-state index in [1.807, 2.05) is 12.1 Å². The molecule has 0 bridgehead atoms. The van der Waals surface area contributed by atoms with Crippen LogP contribution in [-0.4, -0.2) is 35.2 Å². The fourth-order valence-corrected chi connectivity index (χ4v) is 2.65. The van der Waals surface area contributed by atoms with Crippen LogP contribution in [0.4, 0.5) is 11.4 Å². The highest BCUT2D eigenvalue weighted by atomic mass is 16.5. The highest BCUT2D eigenvalue weighted by Crippen LogP contribution is 2.25. The minimum Gasteiger partial charge on any atom is -0.479 e. The van der Waals surface area contributed by atoms with E-state index >= 15 is 0 Å². The largest absolute Gasteiger partial charge is 0.479 e. The van der Waals surface area contributed by atoms with E-state index in [2.05, 4.69) is 10.4 Å². The quantitative estimate of drug-likeness (QED) is 0.933. The summed E-state index contributed by atoms with van der Waals surface area (Å²) < 4.78 is 6.62. The van der Waals surface area contributed by atoms with Crippen molar-refractivity contribution >= 4 is 23.2 Å². The van der Waals surface area contributed by atoms with Crippen LogP contribution in [0.1, 0.15) is 23.2 Å². The summed E-state index contributed by atoms with van der Waals surface area (Å²) in [5.74, 6) is 0.0816. The van der Waals surface area contributed by atoms with E-state index in [9.17, 15) is 9.59 Å². The molecule has 0 spiro atoms. The second-order valence-corrected chi connectivity index (χ2v) is 5.38. The van der Waals surface area contributed by atoms with Crippen molar-refractivity contribution in [2.24, 2.45) is 7.05 Å². The van der Waals surface area contributed by atoms with Gasteiger partial charge in [0.15, 0.2) is 0 Å². The summed E-state index contributed by atoms with van der Waals surface area (Å²) in [5.41, 5.74) is 1.78. The smallest absolute Gasteiger partial charge is 0.262 e. The lowest BCUT2D eigenvalue weighted by molar-refractivity contribution is -0.117. The van der Waals surface area contributed by atoms with Crippen molar-refractivity contribution in [3.63, 3.8) is 0 Å². The predicted molar refractivity (Wildman–Crippen MR) is 85.7 cm³/mol. The van der Waals surface area contributed by atoms with Crippen LogP contribution in [0.5, 0.6) is 5.88 Å². The van der Waals surface area contributed by atoms with E-state index in [1.165, 1.54) is 11.8 Å². The lowest BCUT2D eigenvalue weighted by Gasteiger charge is -2.16. The molecule has 23 heavy (non-hydrogen) atoms. The van der Waals surface area contributed by atoms with Crippen LogP contribution in [0.25, 0.3) is 0 Å². The summed E-state index contributed by atoms with van der Waals surface area (Å²) in [5, 5.41) is 6.88. The van der Waals surface area contributed by atoms with Gasteiger partial charge in [0.1, 0.15) is 5.56 Å². The molecule has 2 heterocycles. The number of carbonyl (C=O) groups excluding carboxylic acids is 2. The third-order valence-electron chi connectivity index (χ3n) is 3.72. The number of rotatable bonds is 4. The Morgan fingerprint density at radius 3 is 2.91 bits per heavy atom. The topological polar surface area (TPSA) is 76.5 Å². The molecular weight excluding hydrogens is 296 g/mol. The molecule has 1 aliphatic heterocycles. The molecule has 0 unspecified atom stereocenters. The molecule has 7 heteroatoms. The van der Waals surface area contributed by atoms with Gasteiger partial charge in [0.05, 0.1) is 7.11 Å². The van der Waals surface area contributed by atoms with Gasteiger partial charge < -0.3 is 15.0 Å². The fourth-order valence-electron chi connectivity index (χ4n) is 2.65. The predicted octanol–water partition coefficient (Wildman–Crippen LogP) is 1.81. The highest BCUT2D eigenvalue weighted by molar-refractivity contribution is 6.06. The Morgan fingerprint density at radius 2 is 2.22 bits per heavy atom. The lowest BCUT2D eigenvalue weighted by atomic mass is 10.2. The SMILES string of the molecule is COc1nn(C)cc1C(=O)Nc1cccc(N2CCCC2=O)c1. The van der Waals surface area contributed by atoms with E-state index in [4.69, 9.17) is 4.74 Å². The fraction of sp³-hybridized carbons (Fsp3) is 0.312. The Labute approximate surface area is 133 Å². The molecule has 1 saturated heterocycles. The Kier molecular flexibility index (Phi) is 4.01. The summed E-state index contributed by atoms with van der Waals surface area (Å²) in [6.07, 6.45) is 3.04. The van der Waals surface area contributed by atoms with E-state index < -0.39 is 0 Å². The van der Waals surface area contributed by atoms with Gasteiger partial charge >= 0.3 is 0 Å². The van der Waals surface area contributed by atoms with Crippen LogP contribution >= 0.6 is 0 Å². The molecule has 1 N–H and O–H groups in total. The molecule has 1 aromatic heterocycles. The van der Waals surface area contributed by atoms with Gasteiger partial charge in [0.2, 0.25) is 11.8 Å². The van der Waals surface area contributed by atoms with Gasteiger partial charge in [-0.25, -0.2) is 0 Å². The number of aromatic nitrogens is 2. The zero-order valence-electron chi connectivity index (χ0n) is 13.1. The van der Waals surface area contributed by atoms with Gasteiger partial charge in [0.25, 0.3) is 5.91 Å². The minimum absolute atomic E-state index is 0.113.